The molecule has 0 atom stereocenters. The zero-order chi connectivity index (χ0) is 20.5. The summed E-state index contributed by atoms with van der Waals surface area (Å²) in [6.45, 7) is 3.81. The van der Waals surface area contributed by atoms with Gasteiger partial charge in [0.05, 0.1) is 23.3 Å². The van der Waals surface area contributed by atoms with E-state index in [4.69, 9.17) is 4.74 Å². The summed E-state index contributed by atoms with van der Waals surface area (Å²) in [6, 6.07) is 5.82. The maximum atomic E-state index is 13.8. The van der Waals surface area contributed by atoms with E-state index < -0.39 is 17.7 Å². The highest BCUT2D eigenvalue weighted by Crippen LogP contribution is 2.39. The molecule has 0 spiro atoms. The first-order valence-corrected chi connectivity index (χ1v) is 10.5. The summed E-state index contributed by atoms with van der Waals surface area (Å²) in [5, 5.41) is 3.83. The Balaban J connectivity index is 1.76. The Kier molecular flexibility index (Phi) is 5.32. The van der Waals surface area contributed by atoms with Crippen molar-refractivity contribution in [1.82, 2.24) is 4.98 Å². The van der Waals surface area contributed by atoms with Gasteiger partial charge in [-0.25, -0.2) is 9.18 Å². The van der Waals surface area contributed by atoms with Gasteiger partial charge in [-0.3, -0.25) is 9.78 Å². The Morgan fingerprint density at radius 1 is 1.24 bits per heavy atom. The first kappa shape index (κ1) is 19.5. The molecule has 1 aliphatic rings. The highest BCUT2D eigenvalue weighted by atomic mass is 32.1. The highest BCUT2D eigenvalue weighted by Gasteiger charge is 2.27. The topological polar surface area (TPSA) is 68.3 Å². The zero-order valence-electron chi connectivity index (χ0n) is 16.3. The van der Waals surface area contributed by atoms with Gasteiger partial charge < -0.3 is 10.1 Å². The Morgan fingerprint density at radius 3 is 2.83 bits per heavy atom. The van der Waals surface area contributed by atoms with Crippen molar-refractivity contribution in [2.75, 3.05) is 11.9 Å². The summed E-state index contributed by atoms with van der Waals surface area (Å²) in [5.74, 6) is -1.24. The lowest BCUT2D eigenvalue weighted by molar-refractivity contribution is 0.0526. The summed E-state index contributed by atoms with van der Waals surface area (Å²) >= 11 is 1.43. The number of anilines is 1. The molecule has 7 heteroatoms. The van der Waals surface area contributed by atoms with Crippen molar-refractivity contribution >= 4 is 39.1 Å². The Labute approximate surface area is 171 Å². The first-order chi connectivity index (χ1) is 14.0. The van der Waals surface area contributed by atoms with Crippen LogP contribution >= 0.6 is 11.3 Å². The van der Waals surface area contributed by atoms with Crippen molar-refractivity contribution in [3.8, 4) is 0 Å². The Bertz CT molecular complexity index is 1120. The molecule has 4 rings (SSSR count). The molecule has 29 heavy (non-hydrogen) atoms. The second-order valence-electron chi connectivity index (χ2n) is 7.06. The number of nitrogens with zero attached hydrogens (tertiary/aromatic N) is 1. The fourth-order valence-electron chi connectivity index (χ4n) is 3.76. The molecular formula is C22H21FN2O3S. The minimum Gasteiger partial charge on any atom is -0.462 e. The molecule has 150 valence electrons. The van der Waals surface area contributed by atoms with E-state index >= 15 is 0 Å². The number of esters is 1. The molecule has 1 amide bonds. The highest BCUT2D eigenvalue weighted by molar-refractivity contribution is 7.17. The van der Waals surface area contributed by atoms with E-state index in [0.29, 0.717) is 32.7 Å². The van der Waals surface area contributed by atoms with Crippen LogP contribution in [-0.4, -0.2) is 23.5 Å². The number of nitrogens with one attached hydrogen (secondary N) is 1. The van der Waals surface area contributed by atoms with Crippen LogP contribution in [0.2, 0.25) is 0 Å². The number of thiophene rings is 1. The number of hydrogen-bond donors (Lipinski definition) is 1. The molecule has 1 aromatic carbocycles. The maximum Gasteiger partial charge on any atom is 0.341 e. The van der Waals surface area contributed by atoms with Crippen molar-refractivity contribution in [1.29, 1.82) is 0 Å². The Hall–Kier alpha value is -2.80. The number of aryl methyl sites for hydroxylation is 2. The van der Waals surface area contributed by atoms with Crippen molar-refractivity contribution in [2.24, 2.45) is 0 Å². The van der Waals surface area contributed by atoms with Crippen LogP contribution in [0, 0.1) is 12.7 Å². The quantitative estimate of drug-likeness (QED) is 0.609. The predicted molar refractivity (Wildman–Crippen MR) is 111 cm³/mol. The fraction of sp³-hybridized carbons (Fsp3) is 0.318. The third kappa shape index (κ3) is 3.74. The number of amides is 1. The van der Waals surface area contributed by atoms with E-state index in [1.54, 1.807) is 26.0 Å². The molecule has 2 aromatic heterocycles. The number of halogens is 1. The van der Waals surface area contributed by atoms with Gasteiger partial charge in [-0.1, -0.05) is 0 Å². The largest absolute Gasteiger partial charge is 0.462 e. The van der Waals surface area contributed by atoms with Gasteiger partial charge in [-0.2, -0.15) is 0 Å². The van der Waals surface area contributed by atoms with Gasteiger partial charge in [0.2, 0.25) is 0 Å². The molecule has 0 bridgehead atoms. The van der Waals surface area contributed by atoms with Crippen LogP contribution in [0.15, 0.2) is 24.3 Å². The van der Waals surface area contributed by atoms with Gasteiger partial charge in [0.1, 0.15) is 10.8 Å². The molecule has 1 N–H and O–H groups in total. The molecule has 2 heterocycles. The average molecular weight is 412 g/mol. The third-order valence-electron chi connectivity index (χ3n) is 5.02. The van der Waals surface area contributed by atoms with Gasteiger partial charge in [0.15, 0.2) is 0 Å². The van der Waals surface area contributed by atoms with E-state index in [1.165, 1.54) is 23.5 Å². The lowest BCUT2D eigenvalue weighted by atomic mass is 9.95. The van der Waals surface area contributed by atoms with E-state index in [-0.39, 0.29) is 6.61 Å². The maximum absolute atomic E-state index is 13.8. The lowest BCUT2D eigenvalue weighted by Crippen LogP contribution is -2.16. The molecule has 0 radical (unpaired) electrons. The van der Waals surface area contributed by atoms with Crippen LogP contribution < -0.4 is 5.32 Å². The van der Waals surface area contributed by atoms with Crippen LogP contribution in [0.3, 0.4) is 0 Å². The summed E-state index contributed by atoms with van der Waals surface area (Å²) in [6.07, 6.45) is 3.77. The van der Waals surface area contributed by atoms with Gasteiger partial charge >= 0.3 is 5.97 Å². The van der Waals surface area contributed by atoms with E-state index in [9.17, 15) is 14.0 Å². The van der Waals surface area contributed by atoms with Crippen LogP contribution in [-0.2, 0) is 17.6 Å². The normalized spacial score (nSPS) is 13.2. The minimum atomic E-state index is -0.434. The molecule has 3 aromatic rings. The van der Waals surface area contributed by atoms with Crippen molar-refractivity contribution < 1.29 is 18.7 Å². The number of ether oxygens (including phenoxy) is 1. The summed E-state index contributed by atoms with van der Waals surface area (Å²) < 4.78 is 19.0. The molecule has 0 fully saturated rings. The number of hydrogen-bond acceptors (Lipinski definition) is 5. The van der Waals surface area contributed by atoms with E-state index in [0.717, 1.165) is 36.1 Å². The van der Waals surface area contributed by atoms with Crippen molar-refractivity contribution in [2.45, 2.75) is 39.5 Å². The number of benzene rings is 1. The number of fused-ring (bicyclic) bond motifs is 2. The van der Waals surface area contributed by atoms with Gasteiger partial charge in [-0.05, 0) is 69.4 Å². The molecule has 0 saturated heterocycles. The SMILES string of the molecule is CCOC(=O)c1c(NC(=O)c2cc(C)nc3ccc(F)cc23)sc2c1CCCC2. The van der Waals surface area contributed by atoms with Crippen LogP contribution in [0.25, 0.3) is 10.9 Å². The van der Waals surface area contributed by atoms with Crippen LogP contribution in [0.1, 0.15) is 56.6 Å². The van der Waals surface area contributed by atoms with E-state index in [1.807, 2.05) is 0 Å². The second kappa shape index (κ2) is 7.91. The Morgan fingerprint density at radius 2 is 2.03 bits per heavy atom. The predicted octanol–water partition coefficient (Wildman–Crippen LogP) is 5.05. The molecule has 0 aliphatic heterocycles. The van der Waals surface area contributed by atoms with Crippen LogP contribution in [0.5, 0.6) is 0 Å². The zero-order valence-corrected chi connectivity index (χ0v) is 17.1. The third-order valence-corrected chi connectivity index (χ3v) is 6.23. The number of aromatic nitrogens is 1. The summed E-state index contributed by atoms with van der Waals surface area (Å²) in [5.41, 5.74) is 2.98. The standard InChI is InChI=1S/C22H21FN2O3S/c1-3-28-22(27)19-14-6-4-5-7-18(14)29-21(19)25-20(26)16-10-12(2)24-17-9-8-13(23)11-15(16)17/h8-11H,3-7H2,1-2H3,(H,25,26). The van der Waals surface area contributed by atoms with Crippen LogP contribution in [0.4, 0.5) is 9.39 Å². The fourth-order valence-corrected chi connectivity index (χ4v) is 5.03. The minimum absolute atomic E-state index is 0.268. The van der Waals surface area contributed by atoms with Crippen molar-refractivity contribution in [3.63, 3.8) is 0 Å². The molecule has 0 saturated carbocycles. The van der Waals surface area contributed by atoms with Gasteiger partial charge in [0.25, 0.3) is 5.91 Å². The number of carbonyl (C=O) groups is 2. The number of pyridine rings is 1. The first-order valence-electron chi connectivity index (χ1n) is 9.68. The van der Waals surface area contributed by atoms with Gasteiger partial charge in [0, 0.05) is 16.0 Å². The second-order valence-corrected chi connectivity index (χ2v) is 8.17. The molecular weight excluding hydrogens is 391 g/mol. The summed E-state index contributed by atoms with van der Waals surface area (Å²) in [7, 11) is 0. The lowest BCUT2D eigenvalue weighted by Gasteiger charge is -2.12. The summed E-state index contributed by atoms with van der Waals surface area (Å²) in [4.78, 5) is 31.2. The molecule has 1 aliphatic carbocycles. The number of carbonyl (C=O) groups excluding carboxylic acids is 2. The molecule has 5 nitrogen and oxygen atoms in total. The monoisotopic (exact) mass is 412 g/mol. The van der Waals surface area contributed by atoms with Gasteiger partial charge in [-0.15, -0.1) is 11.3 Å². The average Bonchev–Trinajstić information content (AvgIpc) is 3.05. The number of rotatable bonds is 4. The van der Waals surface area contributed by atoms with Crippen molar-refractivity contribution in [3.05, 3.63) is 57.3 Å². The smallest absolute Gasteiger partial charge is 0.341 e. The molecule has 0 unspecified atom stereocenters. The van der Waals surface area contributed by atoms with E-state index in [2.05, 4.69) is 10.3 Å².